The van der Waals surface area contributed by atoms with Gasteiger partial charge >= 0.3 is 5.97 Å². The van der Waals surface area contributed by atoms with Crippen molar-refractivity contribution < 1.29 is 22.7 Å². The smallest absolute Gasteiger partial charge is 0.355 e. The molecular formula is C27H31N3O5S. The summed E-state index contributed by atoms with van der Waals surface area (Å²) in [5, 5.41) is 9.12. The molecule has 1 N–H and O–H groups in total. The van der Waals surface area contributed by atoms with E-state index in [0.717, 1.165) is 16.8 Å². The van der Waals surface area contributed by atoms with Crippen molar-refractivity contribution in [2.24, 2.45) is 7.05 Å². The Kier molecular flexibility index (Phi) is 8.66. The Labute approximate surface area is 212 Å². The van der Waals surface area contributed by atoms with Gasteiger partial charge in [0.1, 0.15) is 11.8 Å². The molecule has 3 rings (SSSR count). The third-order valence-corrected chi connectivity index (χ3v) is 8.01. The summed E-state index contributed by atoms with van der Waals surface area (Å²) in [6.45, 7) is 5.57. The molecule has 1 aliphatic rings. The Morgan fingerprint density at radius 2 is 1.92 bits per heavy atom. The number of allylic oxidation sites excluding steroid dienone is 3. The van der Waals surface area contributed by atoms with Gasteiger partial charge in [0.05, 0.1) is 17.4 Å². The molecule has 1 aromatic heterocycles. The zero-order valence-electron chi connectivity index (χ0n) is 21.0. The zero-order valence-corrected chi connectivity index (χ0v) is 21.8. The molecule has 1 heterocycles. The van der Waals surface area contributed by atoms with Gasteiger partial charge < -0.3 is 9.30 Å². The second-order valence-corrected chi connectivity index (χ2v) is 10.5. The summed E-state index contributed by atoms with van der Waals surface area (Å²) in [7, 11) is -1.81. The first kappa shape index (κ1) is 27.1. The van der Waals surface area contributed by atoms with E-state index >= 15 is 0 Å². The molecule has 36 heavy (non-hydrogen) atoms. The van der Waals surface area contributed by atoms with Crippen molar-refractivity contribution in [2.75, 3.05) is 13.2 Å². The maximum Gasteiger partial charge on any atom is 0.355 e. The molecule has 0 spiro atoms. The van der Waals surface area contributed by atoms with E-state index in [-0.39, 0.29) is 25.4 Å². The lowest BCUT2D eigenvalue weighted by molar-refractivity contribution is -0.113. The number of nitrogens with zero attached hydrogens (tertiary/aromatic N) is 2. The third-order valence-electron chi connectivity index (χ3n) is 6.26. The Hall–Kier alpha value is -3.48. The molecule has 1 aliphatic carbocycles. The number of Topliss-reactive ketones (excluding diaryl/α,β-unsaturated/α-hetero) is 1. The first-order chi connectivity index (χ1) is 17.1. The van der Waals surface area contributed by atoms with Crippen molar-refractivity contribution in [3.05, 3.63) is 70.6 Å². The summed E-state index contributed by atoms with van der Waals surface area (Å²) in [6.07, 6.45) is 6.07. The van der Waals surface area contributed by atoms with Crippen LogP contribution in [0.25, 0.3) is 11.1 Å². The number of sulfonamides is 1. The van der Waals surface area contributed by atoms with Gasteiger partial charge in [0.2, 0.25) is 10.0 Å². The quantitative estimate of drug-likeness (QED) is 0.489. The molecule has 0 radical (unpaired) electrons. The van der Waals surface area contributed by atoms with Crippen molar-refractivity contribution in [2.45, 2.75) is 45.3 Å². The van der Waals surface area contributed by atoms with Crippen molar-refractivity contribution in [3.8, 4) is 17.2 Å². The zero-order chi connectivity index (χ0) is 26.5. The van der Waals surface area contributed by atoms with Gasteiger partial charge in [-0.05, 0) is 44.2 Å². The van der Waals surface area contributed by atoms with Crippen LogP contribution in [0.4, 0.5) is 0 Å². The van der Waals surface area contributed by atoms with Crippen LogP contribution in [0, 0.1) is 11.3 Å². The summed E-state index contributed by atoms with van der Waals surface area (Å²) >= 11 is 0. The average Bonchev–Trinajstić information content (AvgIpc) is 3.15. The predicted octanol–water partition coefficient (Wildman–Crippen LogP) is 3.61. The van der Waals surface area contributed by atoms with Crippen LogP contribution in [0.1, 0.15) is 54.5 Å². The van der Waals surface area contributed by atoms with Gasteiger partial charge in [0.15, 0.2) is 5.78 Å². The Bertz CT molecular complexity index is 1360. The van der Waals surface area contributed by atoms with E-state index in [1.54, 1.807) is 36.8 Å². The minimum absolute atomic E-state index is 0.0869. The number of ketones is 1. The molecular weight excluding hydrogens is 478 g/mol. The van der Waals surface area contributed by atoms with Crippen molar-refractivity contribution in [3.63, 3.8) is 0 Å². The van der Waals surface area contributed by atoms with E-state index in [2.05, 4.69) is 10.8 Å². The summed E-state index contributed by atoms with van der Waals surface area (Å²) in [6, 6.07) is 9.63. The Balaban J connectivity index is 1.74. The second kappa shape index (κ2) is 11.5. The molecule has 1 aromatic carbocycles. The lowest BCUT2D eigenvalue weighted by Gasteiger charge is -2.17. The summed E-state index contributed by atoms with van der Waals surface area (Å²) in [5.74, 6) is -0.567. The van der Waals surface area contributed by atoms with Gasteiger partial charge in [0, 0.05) is 30.4 Å². The van der Waals surface area contributed by atoms with E-state index < -0.39 is 21.2 Å². The molecule has 0 saturated heterocycles. The van der Waals surface area contributed by atoms with Gasteiger partial charge in [-0.2, -0.15) is 5.26 Å². The fraction of sp³-hybridized carbons (Fsp3) is 0.370. The van der Waals surface area contributed by atoms with Crippen molar-refractivity contribution in [1.82, 2.24) is 9.29 Å². The molecule has 0 aliphatic heterocycles. The Morgan fingerprint density at radius 3 is 2.44 bits per heavy atom. The number of nitrogens with one attached hydrogen (secondary N) is 1. The van der Waals surface area contributed by atoms with E-state index in [0.29, 0.717) is 35.2 Å². The standard InChI is InChI=1S/C27H31N3O5S/c1-5-24-23(17-28)25(26(30(24)4)27(32)35-6-2)21-9-7-19(8-10-21)15-16-29-36(33,34)22-13-11-20(12-14-22)18(3)31/h7-13,22,29H,5-6,14-16H2,1-4H3. The fourth-order valence-electron chi connectivity index (χ4n) is 4.36. The maximum atomic E-state index is 12.7. The number of hydrogen-bond donors (Lipinski definition) is 1. The number of aromatic nitrogens is 1. The predicted molar refractivity (Wildman–Crippen MR) is 138 cm³/mol. The molecule has 1 atom stereocenters. The minimum atomic E-state index is -3.57. The van der Waals surface area contributed by atoms with Crippen LogP contribution < -0.4 is 4.72 Å². The van der Waals surface area contributed by atoms with E-state index in [1.165, 1.54) is 6.92 Å². The van der Waals surface area contributed by atoms with Crippen LogP contribution in [-0.4, -0.2) is 43.1 Å². The minimum Gasteiger partial charge on any atom is -0.461 e. The number of ether oxygens (including phenoxy) is 1. The lowest BCUT2D eigenvalue weighted by Crippen LogP contribution is -2.35. The largest absolute Gasteiger partial charge is 0.461 e. The highest BCUT2D eigenvalue weighted by molar-refractivity contribution is 7.90. The first-order valence-electron chi connectivity index (χ1n) is 11.9. The molecule has 0 amide bonds. The van der Waals surface area contributed by atoms with Gasteiger partial charge in [-0.1, -0.05) is 49.4 Å². The monoisotopic (exact) mass is 509 g/mol. The lowest BCUT2D eigenvalue weighted by atomic mass is 9.98. The highest BCUT2D eigenvalue weighted by Gasteiger charge is 2.27. The summed E-state index contributed by atoms with van der Waals surface area (Å²) in [5.41, 5.74) is 4.24. The number of nitriles is 1. The molecule has 1 unspecified atom stereocenters. The van der Waals surface area contributed by atoms with E-state index in [4.69, 9.17) is 4.74 Å². The molecule has 8 nitrogen and oxygen atoms in total. The molecule has 0 bridgehead atoms. The second-order valence-electron chi connectivity index (χ2n) is 8.53. The number of carbonyl (C=O) groups excluding carboxylic acids is 2. The molecule has 9 heteroatoms. The third kappa shape index (κ3) is 5.66. The highest BCUT2D eigenvalue weighted by Crippen LogP contribution is 2.33. The van der Waals surface area contributed by atoms with Crippen molar-refractivity contribution >= 4 is 21.8 Å². The highest BCUT2D eigenvalue weighted by atomic mass is 32.2. The molecule has 0 fully saturated rings. The topological polar surface area (TPSA) is 118 Å². The number of carbonyl (C=O) groups is 2. The van der Waals surface area contributed by atoms with Crippen LogP contribution in [0.5, 0.6) is 0 Å². The number of benzene rings is 1. The maximum absolute atomic E-state index is 12.7. The van der Waals surface area contributed by atoms with Crippen molar-refractivity contribution in [1.29, 1.82) is 5.26 Å². The van der Waals surface area contributed by atoms with Gasteiger partial charge in [-0.15, -0.1) is 0 Å². The van der Waals surface area contributed by atoms with E-state index in [1.807, 2.05) is 31.2 Å². The molecule has 0 saturated carbocycles. The first-order valence-corrected chi connectivity index (χ1v) is 13.4. The van der Waals surface area contributed by atoms with Crippen LogP contribution in [0.15, 0.2) is 48.1 Å². The molecule has 2 aromatic rings. The molecule has 190 valence electrons. The van der Waals surface area contributed by atoms with Crippen LogP contribution in [0.3, 0.4) is 0 Å². The number of esters is 1. The normalized spacial score (nSPS) is 15.3. The van der Waals surface area contributed by atoms with Gasteiger partial charge in [-0.25, -0.2) is 17.9 Å². The number of rotatable bonds is 10. The van der Waals surface area contributed by atoms with Crippen LogP contribution >= 0.6 is 0 Å². The van der Waals surface area contributed by atoms with Crippen LogP contribution in [0.2, 0.25) is 0 Å². The van der Waals surface area contributed by atoms with Crippen LogP contribution in [-0.2, 0) is 39.4 Å². The fourth-order valence-corrected chi connectivity index (χ4v) is 5.60. The number of hydrogen-bond acceptors (Lipinski definition) is 6. The SMILES string of the molecule is CCOC(=O)c1c(-c2ccc(CCNS(=O)(=O)C3C=CC(C(C)=O)=CC3)cc2)c(C#N)c(CC)n1C. The summed E-state index contributed by atoms with van der Waals surface area (Å²) in [4.78, 5) is 24.1. The van der Waals surface area contributed by atoms with Gasteiger partial charge in [-0.3, -0.25) is 4.79 Å². The van der Waals surface area contributed by atoms with E-state index in [9.17, 15) is 23.3 Å². The van der Waals surface area contributed by atoms with Gasteiger partial charge in [0.25, 0.3) is 0 Å². The average molecular weight is 510 g/mol. The Morgan fingerprint density at radius 1 is 1.22 bits per heavy atom. The summed E-state index contributed by atoms with van der Waals surface area (Å²) < 4.78 is 34.9.